The molecule has 0 heterocycles. The minimum atomic E-state index is -1.37. The van der Waals surface area contributed by atoms with Crippen molar-refractivity contribution in [2.45, 2.75) is 32.6 Å². The Kier molecular flexibility index (Phi) is 4.35. The molecule has 1 aliphatic carbocycles. The lowest BCUT2D eigenvalue weighted by Crippen LogP contribution is -2.42. The van der Waals surface area contributed by atoms with Crippen molar-refractivity contribution in [3.8, 4) is 0 Å². The number of nitrogens with zero attached hydrogens (tertiary/aromatic N) is 1. The van der Waals surface area contributed by atoms with Crippen molar-refractivity contribution in [1.82, 2.24) is 4.90 Å². The first-order valence-corrected chi connectivity index (χ1v) is 9.20. The standard InChI is InChI=1S/C13H22NOSi/c1-10(14(2)3)13-11(9-15)7-8-12(13)16(4,5)6/h7-10H,1-6H3/t10-/m0/s1. The molecular weight excluding hydrogens is 214 g/mol. The zero-order chi connectivity index (χ0) is 12.5. The molecular formula is C13H22NOSi. The number of hydrogen-bond donors (Lipinski definition) is 0. The molecule has 0 unspecified atom stereocenters. The molecule has 0 aromatic heterocycles. The van der Waals surface area contributed by atoms with Gasteiger partial charge in [-0.15, -0.1) is 0 Å². The fourth-order valence-electron chi connectivity index (χ4n) is 1.99. The van der Waals surface area contributed by atoms with Crippen LogP contribution < -0.4 is 0 Å². The van der Waals surface area contributed by atoms with Crippen molar-refractivity contribution in [1.29, 1.82) is 0 Å². The fourth-order valence-corrected chi connectivity index (χ4v) is 3.73. The molecule has 0 N–H and O–H groups in total. The smallest absolute Gasteiger partial charge is 0.128 e. The van der Waals surface area contributed by atoms with Crippen molar-refractivity contribution in [2.75, 3.05) is 14.1 Å². The van der Waals surface area contributed by atoms with Gasteiger partial charge in [0.15, 0.2) is 0 Å². The summed E-state index contributed by atoms with van der Waals surface area (Å²) in [5.41, 5.74) is 1.41. The molecule has 1 fully saturated rings. The summed E-state index contributed by atoms with van der Waals surface area (Å²) in [4.78, 5) is 13.3. The van der Waals surface area contributed by atoms with Crippen LogP contribution in [0.1, 0.15) is 6.92 Å². The lowest BCUT2D eigenvalue weighted by molar-refractivity contribution is -0.106. The van der Waals surface area contributed by atoms with Crippen molar-refractivity contribution in [3.63, 3.8) is 0 Å². The lowest BCUT2D eigenvalue weighted by atomic mass is 9.90. The summed E-state index contributed by atoms with van der Waals surface area (Å²) >= 11 is 0. The van der Waals surface area contributed by atoms with Crippen molar-refractivity contribution in [3.05, 3.63) is 30.2 Å². The summed E-state index contributed by atoms with van der Waals surface area (Å²) in [7, 11) is 2.74. The second-order valence-corrected chi connectivity index (χ2v) is 10.7. The Morgan fingerprint density at radius 3 is 2.19 bits per heavy atom. The van der Waals surface area contributed by atoms with E-state index in [0.717, 1.165) is 12.2 Å². The van der Waals surface area contributed by atoms with Crippen LogP contribution in [-0.2, 0) is 4.79 Å². The van der Waals surface area contributed by atoms with E-state index in [-0.39, 0.29) is 0 Å². The molecule has 0 spiro atoms. The summed E-state index contributed by atoms with van der Waals surface area (Å²) in [5, 5.41) is 0. The van der Waals surface area contributed by atoms with Crippen molar-refractivity contribution >= 4 is 14.4 Å². The van der Waals surface area contributed by atoms with Crippen LogP contribution in [0.3, 0.4) is 0 Å². The Labute approximate surface area is 101 Å². The molecule has 0 aliphatic heterocycles. The SMILES string of the molecule is C[C@@H]([C]1[C](C=O)[CH][CH][C]1[Si](C)(C)C)N(C)C. The lowest BCUT2D eigenvalue weighted by Gasteiger charge is -2.37. The van der Waals surface area contributed by atoms with Crippen LogP contribution in [0.2, 0.25) is 19.6 Å². The van der Waals surface area contributed by atoms with E-state index in [1.54, 1.807) is 0 Å². The highest BCUT2D eigenvalue weighted by atomic mass is 28.3. The van der Waals surface area contributed by atoms with E-state index in [2.05, 4.69) is 52.0 Å². The average molecular weight is 236 g/mol. The van der Waals surface area contributed by atoms with E-state index in [9.17, 15) is 4.79 Å². The van der Waals surface area contributed by atoms with Gasteiger partial charge < -0.3 is 9.69 Å². The Hall–Kier alpha value is -0.153. The Balaban J connectivity index is 2.91. The largest absolute Gasteiger partial charge is 0.306 e. The van der Waals surface area contributed by atoms with Crippen LogP contribution in [0.5, 0.6) is 0 Å². The van der Waals surface area contributed by atoms with Gasteiger partial charge >= 0.3 is 0 Å². The van der Waals surface area contributed by atoms with Gasteiger partial charge in [0.1, 0.15) is 6.29 Å². The maximum atomic E-state index is 11.1. The molecule has 0 aromatic rings. The highest BCUT2D eigenvalue weighted by molar-refractivity contribution is 6.83. The number of carbonyl (C=O) groups excluding carboxylic acids is 1. The van der Waals surface area contributed by atoms with Crippen LogP contribution in [-0.4, -0.2) is 39.4 Å². The molecule has 0 bridgehead atoms. The van der Waals surface area contributed by atoms with Gasteiger partial charge in [0.2, 0.25) is 0 Å². The maximum Gasteiger partial charge on any atom is 0.128 e. The van der Waals surface area contributed by atoms with Gasteiger partial charge in [-0.2, -0.15) is 0 Å². The predicted molar refractivity (Wildman–Crippen MR) is 70.9 cm³/mol. The van der Waals surface area contributed by atoms with Crippen LogP contribution in [0.15, 0.2) is 0 Å². The second-order valence-electron chi connectivity index (χ2n) is 5.62. The minimum Gasteiger partial charge on any atom is -0.306 e. The molecule has 1 rings (SSSR count). The predicted octanol–water partition coefficient (Wildman–Crippen LogP) is 2.16. The maximum absolute atomic E-state index is 11.1. The summed E-state index contributed by atoms with van der Waals surface area (Å²) < 4.78 is 0. The van der Waals surface area contributed by atoms with E-state index in [0.29, 0.717) is 6.04 Å². The molecule has 3 heteroatoms. The highest BCUT2D eigenvalue weighted by Crippen LogP contribution is 2.47. The van der Waals surface area contributed by atoms with Gasteiger partial charge in [0.25, 0.3) is 0 Å². The molecule has 16 heavy (non-hydrogen) atoms. The van der Waals surface area contributed by atoms with Crippen LogP contribution >= 0.6 is 0 Å². The normalized spacial score (nSPS) is 22.9. The topological polar surface area (TPSA) is 20.3 Å². The summed E-state index contributed by atoms with van der Waals surface area (Å²) in [6.07, 6.45) is 5.10. The molecule has 1 saturated carbocycles. The van der Waals surface area contributed by atoms with Crippen molar-refractivity contribution < 1.29 is 4.79 Å². The minimum absolute atomic E-state index is 0.303. The average Bonchev–Trinajstić information content (AvgIpc) is 2.58. The van der Waals surface area contributed by atoms with Gasteiger partial charge in [-0.3, -0.25) is 0 Å². The van der Waals surface area contributed by atoms with E-state index >= 15 is 0 Å². The summed E-state index contributed by atoms with van der Waals surface area (Å²) in [6.45, 7) is 9.13. The third-order valence-electron chi connectivity index (χ3n) is 3.16. The first-order valence-electron chi connectivity index (χ1n) is 5.70. The fraction of sp³-hybridized carbons (Fsp3) is 0.538. The second kappa shape index (κ2) is 5.01. The Bertz CT molecular complexity index is 247. The molecule has 5 radical (unpaired) electrons. The third-order valence-corrected chi connectivity index (χ3v) is 5.21. The van der Waals surface area contributed by atoms with Gasteiger partial charge in [-0.25, -0.2) is 0 Å². The van der Waals surface area contributed by atoms with E-state index < -0.39 is 8.07 Å². The zero-order valence-electron chi connectivity index (χ0n) is 11.2. The van der Waals surface area contributed by atoms with Gasteiger partial charge in [0, 0.05) is 12.0 Å². The van der Waals surface area contributed by atoms with E-state index in [1.807, 2.05) is 6.42 Å². The third kappa shape index (κ3) is 2.75. The van der Waals surface area contributed by atoms with Gasteiger partial charge in [-0.1, -0.05) is 19.6 Å². The van der Waals surface area contributed by atoms with E-state index in [1.165, 1.54) is 11.5 Å². The molecule has 1 atom stereocenters. The summed E-state index contributed by atoms with van der Waals surface area (Å²) in [6, 6.07) is 0.303. The highest BCUT2D eigenvalue weighted by Gasteiger charge is 2.47. The molecule has 89 valence electrons. The monoisotopic (exact) mass is 236 g/mol. The van der Waals surface area contributed by atoms with Gasteiger partial charge in [-0.05, 0) is 39.4 Å². The Morgan fingerprint density at radius 2 is 1.81 bits per heavy atom. The first kappa shape index (κ1) is 13.9. The van der Waals surface area contributed by atoms with Crippen LogP contribution in [0, 0.1) is 30.2 Å². The molecule has 0 aromatic carbocycles. The first-order chi connectivity index (χ1) is 7.29. The Morgan fingerprint density at radius 1 is 1.25 bits per heavy atom. The number of hydrogen-bond acceptors (Lipinski definition) is 2. The van der Waals surface area contributed by atoms with Gasteiger partial charge in [0.05, 0.1) is 14.0 Å². The zero-order valence-corrected chi connectivity index (χ0v) is 12.2. The molecule has 2 nitrogen and oxygen atoms in total. The molecule has 0 saturated heterocycles. The van der Waals surface area contributed by atoms with Crippen LogP contribution in [0.25, 0.3) is 0 Å². The molecule has 1 aliphatic rings. The quantitative estimate of drug-likeness (QED) is 0.551. The van der Waals surface area contributed by atoms with Crippen LogP contribution in [0.4, 0.5) is 0 Å². The number of carbonyl (C=O) groups is 1. The molecule has 0 amide bonds. The number of rotatable bonds is 4. The van der Waals surface area contributed by atoms with E-state index in [4.69, 9.17) is 0 Å². The van der Waals surface area contributed by atoms with Crippen molar-refractivity contribution in [2.24, 2.45) is 0 Å². The number of aldehydes is 1. The summed E-state index contributed by atoms with van der Waals surface area (Å²) in [5.74, 6) is 2.10.